The number of nitrogens with one attached hydrogen (secondary N) is 1. The number of benzene rings is 2. The van der Waals surface area contributed by atoms with E-state index in [4.69, 9.17) is 14.5 Å². The van der Waals surface area contributed by atoms with Gasteiger partial charge < -0.3 is 19.7 Å². The minimum atomic E-state index is -0.802. The second-order valence-corrected chi connectivity index (χ2v) is 10.9. The molecule has 9 nitrogen and oxygen atoms in total. The lowest BCUT2D eigenvalue weighted by Gasteiger charge is -2.28. The summed E-state index contributed by atoms with van der Waals surface area (Å²) >= 11 is 2.69. The normalized spacial score (nSPS) is 11.5. The Bertz CT molecular complexity index is 1460. The molecule has 4 aromatic rings. The molecule has 208 valence electrons. The average molecular weight is 578 g/mol. The summed E-state index contributed by atoms with van der Waals surface area (Å²) in [6.45, 7) is 5.66. The van der Waals surface area contributed by atoms with Crippen LogP contribution in [0.4, 0.5) is 5.69 Å². The fourth-order valence-corrected chi connectivity index (χ4v) is 5.60. The zero-order chi connectivity index (χ0) is 28.6. The Morgan fingerprint density at radius 2 is 1.73 bits per heavy atom. The molecule has 4 rings (SSSR count). The highest BCUT2D eigenvalue weighted by Crippen LogP contribution is 2.30. The summed E-state index contributed by atoms with van der Waals surface area (Å²) in [7, 11) is 3.07. The lowest BCUT2D eigenvalue weighted by Crippen LogP contribution is -2.46. The maximum Gasteiger partial charge on any atom is 0.247 e. The molecule has 0 fully saturated rings. The third kappa shape index (κ3) is 7.36. The van der Waals surface area contributed by atoms with Crippen LogP contribution in [-0.4, -0.2) is 57.7 Å². The topological polar surface area (TPSA) is 107 Å². The molecule has 1 atom stereocenters. The number of aryl methyl sites for hydroxylation is 2. The monoisotopic (exact) mass is 577 g/mol. The standard InChI is InChI=1S/C29H31N5O4S2/c1-18-13-19(2)31-29(30-18)40-17-27(35)34(15-26-32-24(16-39-26)21-9-7-6-8-10-21)20(3)28(36)33-23-12-11-22(37-4)14-25(23)38-5/h6-14,16,20H,15,17H2,1-5H3,(H,33,36). The van der Waals surface area contributed by atoms with Crippen molar-refractivity contribution >= 4 is 40.6 Å². The molecule has 2 aromatic heterocycles. The molecule has 0 aliphatic carbocycles. The number of hydrogen-bond acceptors (Lipinski definition) is 9. The van der Waals surface area contributed by atoms with Gasteiger partial charge in [0.1, 0.15) is 22.5 Å². The summed E-state index contributed by atoms with van der Waals surface area (Å²) in [5.41, 5.74) is 3.95. The molecule has 2 heterocycles. The summed E-state index contributed by atoms with van der Waals surface area (Å²) in [4.78, 5) is 42.1. The predicted molar refractivity (Wildman–Crippen MR) is 158 cm³/mol. The smallest absolute Gasteiger partial charge is 0.247 e. The first kappa shape index (κ1) is 29.0. The molecule has 0 aliphatic heterocycles. The van der Waals surface area contributed by atoms with E-state index in [-0.39, 0.29) is 24.1 Å². The Morgan fingerprint density at radius 3 is 2.40 bits per heavy atom. The van der Waals surface area contributed by atoms with E-state index in [1.807, 2.05) is 55.6 Å². The van der Waals surface area contributed by atoms with Crippen LogP contribution in [0.15, 0.2) is 65.1 Å². The number of methoxy groups -OCH3 is 2. The van der Waals surface area contributed by atoms with Gasteiger partial charge in [-0.25, -0.2) is 15.0 Å². The van der Waals surface area contributed by atoms with E-state index in [2.05, 4.69) is 15.3 Å². The molecule has 2 aromatic carbocycles. The van der Waals surface area contributed by atoms with Crippen molar-refractivity contribution in [1.82, 2.24) is 19.9 Å². The van der Waals surface area contributed by atoms with Crippen LogP contribution in [0.1, 0.15) is 23.3 Å². The first-order valence-electron chi connectivity index (χ1n) is 12.5. The third-order valence-electron chi connectivity index (χ3n) is 6.05. The van der Waals surface area contributed by atoms with E-state index in [1.54, 1.807) is 32.2 Å². The second kappa shape index (κ2) is 13.4. The number of ether oxygens (including phenoxy) is 2. The fraction of sp³-hybridized carbons (Fsp3) is 0.276. The molecule has 1 N–H and O–H groups in total. The van der Waals surface area contributed by atoms with Crippen LogP contribution in [-0.2, 0) is 16.1 Å². The SMILES string of the molecule is COc1ccc(NC(=O)C(C)N(Cc2nc(-c3ccccc3)cs2)C(=O)CSc2nc(C)cc(C)n2)c(OC)c1. The number of anilines is 1. The zero-order valence-electron chi connectivity index (χ0n) is 23.0. The van der Waals surface area contributed by atoms with Crippen molar-refractivity contribution in [2.75, 3.05) is 25.3 Å². The summed E-state index contributed by atoms with van der Waals surface area (Å²) in [5.74, 6) is 0.539. The van der Waals surface area contributed by atoms with Crippen molar-refractivity contribution in [3.05, 3.63) is 76.4 Å². The highest BCUT2D eigenvalue weighted by Gasteiger charge is 2.28. The van der Waals surface area contributed by atoms with E-state index in [9.17, 15) is 9.59 Å². The predicted octanol–water partition coefficient (Wildman–Crippen LogP) is 5.38. The summed E-state index contributed by atoms with van der Waals surface area (Å²) in [6.07, 6.45) is 0. The quantitative estimate of drug-likeness (QED) is 0.187. The molecule has 0 saturated carbocycles. The molecule has 2 amide bonds. The maximum atomic E-state index is 13.6. The van der Waals surface area contributed by atoms with Gasteiger partial charge in [-0.1, -0.05) is 42.1 Å². The summed E-state index contributed by atoms with van der Waals surface area (Å²) in [6, 6.07) is 16.0. The van der Waals surface area contributed by atoms with E-state index in [1.165, 1.54) is 35.1 Å². The number of aromatic nitrogens is 3. The molecule has 0 spiro atoms. The number of thiazole rings is 1. The van der Waals surface area contributed by atoms with E-state index in [0.29, 0.717) is 22.3 Å². The Kier molecular flexibility index (Phi) is 9.73. The molecule has 1 unspecified atom stereocenters. The molecular formula is C29H31N5O4S2. The van der Waals surface area contributed by atoms with Crippen LogP contribution in [0.3, 0.4) is 0 Å². The van der Waals surface area contributed by atoms with E-state index in [0.717, 1.165) is 27.7 Å². The lowest BCUT2D eigenvalue weighted by molar-refractivity contribution is -0.136. The Morgan fingerprint density at radius 1 is 1.00 bits per heavy atom. The number of nitrogens with zero attached hydrogens (tertiary/aromatic N) is 4. The minimum Gasteiger partial charge on any atom is -0.497 e. The number of thioether (sulfide) groups is 1. The van der Waals surface area contributed by atoms with Gasteiger partial charge in [-0.05, 0) is 39.0 Å². The lowest BCUT2D eigenvalue weighted by atomic mass is 10.2. The molecular weight excluding hydrogens is 546 g/mol. The van der Waals surface area contributed by atoms with Gasteiger partial charge in [0.2, 0.25) is 11.8 Å². The van der Waals surface area contributed by atoms with Gasteiger partial charge in [0.05, 0.1) is 37.9 Å². The Balaban J connectivity index is 1.55. The van der Waals surface area contributed by atoms with E-state index < -0.39 is 6.04 Å². The van der Waals surface area contributed by atoms with Gasteiger partial charge in [-0.3, -0.25) is 9.59 Å². The van der Waals surface area contributed by atoms with Crippen molar-refractivity contribution in [2.24, 2.45) is 0 Å². The second-order valence-electron chi connectivity index (χ2n) is 8.97. The van der Waals surface area contributed by atoms with Gasteiger partial charge >= 0.3 is 0 Å². The number of carbonyl (C=O) groups is 2. The van der Waals surface area contributed by atoms with Crippen molar-refractivity contribution in [1.29, 1.82) is 0 Å². The molecule has 0 bridgehead atoms. The van der Waals surface area contributed by atoms with Crippen LogP contribution in [0.2, 0.25) is 0 Å². The minimum absolute atomic E-state index is 0.0727. The zero-order valence-corrected chi connectivity index (χ0v) is 24.6. The van der Waals surface area contributed by atoms with E-state index >= 15 is 0 Å². The number of rotatable bonds is 11. The highest BCUT2D eigenvalue weighted by molar-refractivity contribution is 7.99. The Labute approximate surface area is 242 Å². The van der Waals surface area contributed by atoms with Crippen LogP contribution < -0.4 is 14.8 Å². The molecule has 0 saturated heterocycles. The van der Waals surface area contributed by atoms with Crippen LogP contribution in [0.5, 0.6) is 11.5 Å². The first-order chi connectivity index (χ1) is 19.3. The van der Waals surface area contributed by atoms with Gasteiger partial charge in [-0.15, -0.1) is 11.3 Å². The average Bonchev–Trinajstić information content (AvgIpc) is 3.43. The summed E-state index contributed by atoms with van der Waals surface area (Å²) < 4.78 is 10.7. The van der Waals surface area contributed by atoms with Crippen LogP contribution in [0, 0.1) is 13.8 Å². The van der Waals surface area contributed by atoms with Gasteiger partial charge in [-0.2, -0.15) is 0 Å². The van der Waals surface area contributed by atoms with Crippen molar-refractivity contribution in [2.45, 2.75) is 38.5 Å². The van der Waals surface area contributed by atoms with Crippen LogP contribution >= 0.6 is 23.1 Å². The first-order valence-corrected chi connectivity index (χ1v) is 14.4. The number of carbonyl (C=O) groups excluding carboxylic acids is 2. The summed E-state index contributed by atoms with van der Waals surface area (Å²) in [5, 5.41) is 6.09. The van der Waals surface area contributed by atoms with Crippen LogP contribution in [0.25, 0.3) is 11.3 Å². The van der Waals surface area contributed by atoms with Gasteiger partial charge in [0, 0.05) is 28.4 Å². The Hall–Kier alpha value is -3.96. The highest BCUT2D eigenvalue weighted by atomic mass is 32.2. The molecule has 40 heavy (non-hydrogen) atoms. The molecule has 0 radical (unpaired) electrons. The molecule has 0 aliphatic rings. The van der Waals surface area contributed by atoms with Crippen molar-refractivity contribution in [3.63, 3.8) is 0 Å². The number of amides is 2. The molecule has 11 heteroatoms. The number of hydrogen-bond donors (Lipinski definition) is 1. The third-order valence-corrected chi connectivity index (χ3v) is 7.71. The van der Waals surface area contributed by atoms with Gasteiger partial charge in [0.25, 0.3) is 0 Å². The largest absolute Gasteiger partial charge is 0.497 e. The maximum absolute atomic E-state index is 13.6. The van der Waals surface area contributed by atoms with Gasteiger partial charge in [0.15, 0.2) is 5.16 Å². The van der Waals surface area contributed by atoms with Crippen molar-refractivity contribution < 1.29 is 19.1 Å². The fourth-order valence-electron chi connectivity index (χ4n) is 3.96. The van der Waals surface area contributed by atoms with Crippen molar-refractivity contribution in [3.8, 4) is 22.8 Å².